The highest BCUT2D eigenvalue weighted by atomic mass is 79.9. The average molecular weight is 1560 g/mol. The minimum Gasteiger partial charge on any atom is -0.412 e. The lowest BCUT2D eigenvalue weighted by Crippen LogP contribution is -2.54. The number of rotatable bonds is 10. The molecule has 2 spiro atoms. The van der Waals surface area contributed by atoms with Crippen LogP contribution in [0.5, 0.6) is 0 Å². The number of piperidine rings is 2. The van der Waals surface area contributed by atoms with Crippen molar-refractivity contribution in [2.45, 2.75) is 275 Å². The van der Waals surface area contributed by atoms with E-state index in [9.17, 15) is 33.7 Å². The molecule has 4 aliphatic heterocycles. The Morgan fingerprint density at radius 2 is 0.876 bits per heavy atom. The van der Waals surface area contributed by atoms with Crippen LogP contribution in [-0.2, 0) is 49.6 Å². The van der Waals surface area contributed by atoms with Gasteiger partial charge in [-0.25, -0.2) is 43.1 Å². The van der Waals surface area contributed by atoms with E-state index >= 15 is 0 Å². The van der Waals surface area contributed by atoms with Crippen LogP contribution in [0.25, 0.3) is 0 Å². The van der Waals surface area contributed by atoms with Crippen molar-refractivity contribution in [2.75, 3.05) is 25.6 Å². The minimum atomic E-state index is -3.65. The van der Waals surface area contributed by atoms with Crippen LogP contribution in [0.1, 0.15) is 217 Å². The third kappa shape index (κ3) is 15.0. The fraction of sp³-hybridized carbons (Fsp3) is 0.842. The molecule has 15 nitrogen and oxygen atoms in total. The van der Waals surface area contributed by atoms with Gasteiger partial charge in [0.15, 0.2) is 0 Å². The summed E-state index contributed by atoms with van der Waals surface area (Å²) in [6.07, 6.45) is 27.0. The van der Waals surface area contributed by atoms with Crippen molar-refractivity contribution in [3.63, 3.8) is 0 Å². The SMILES string of the molecule is CCCC(C)C.C[C@H]1C[C@H]2O[C@]3(CC[C@@H]4[C@@H](C[C@H]5[C@H]4CC[C@@H]4C[C@H](NS(C)(=O)=O)CC[C@@]45C)[C@@H](C)C3)[C@H](C)[C@@H]2N(S(=O)(=O)c2ccc(Br)cc2)C1.C[C@H]1C[C@H]2O[C@]3(CC[C@@H]4[C@@H](C[C@H]5[C@H]4CC[C@@H]4C[C@H](NS(C)(=O)=O)CC[C@@]45C)[C@@H](C)C3)[C@H](C)[C@@H]2N(S(=O)(=O)c2ccc(Br)cc2)C1.O. The summed E-state index contributed by atoms with van der Waals surface area (Å²) in [6.45, 7) is 26.7. The number of benzene rings is 2. The van der Waals surface area contributed by atoms with Gasteiger partial charge in [0.25, 0.3) is 0 Å². The van der Waals surface area contributed by atoms with Crippen LogP contribution in [0.15, 0.2) is 67.3 Å². The van der Waals surface area contributed by atoms with Gasteiger partial charge in [0, 0.05) is 46.0 Å². The summed E-state index contributed by atoms with van der Waals surface area (Å²) in [5.74, 6) is 9.63. The molecule has 4 saturated heterocycles. The number of ether oxygens (including phenoxy) is 2. The molecule has 12 aliphatic rings. The maximum atomic E-state index is 14.1. The molecule has 8 saturated carbocycles. The van der Waals surface area contributed by atoms with E-state index in [0.29, 0.717) is 81.1 Å². The Hall–Kier alpha value is -1.08. The van der Waals surface area contributed by atoms with Crippen LogP contribution in [0, 0.1) is 111 Å². The summed E-state index contributed by atoms with van der Waals surface area (Å²) >= 11 is 6.91. The summed E-state index contributed by atoms with van der Waals surface area (Å²) in [5.41, 5.74) is 0.0455. The Bertz CT molecular complexity index is 3330. The van der Waals surface area contributed by atoms with Gasteiger partial charge >= 0.3 is 0 Å². The predicted octanol–water partition coefficient (Wildman–Crippen LogP) is 15.3. The lowest BCUT2D eigenvalue weighted by Gasteiger charge is -2.54. The van der Waals surface area contributed by atoms with Gasteiger partial charge in [-0.05, 0) is 277 Å². The smallest absolute Gasteiger partial charge is 0.243 e. The maximum Gasteiger partial charge on any atom is 0.243 e. The van der Waals surface area contributed by atoms with Crippen LogP contribution in [0.4, 0.5) is 0 Å². The van der Waals surface area contributed by atoms with Crippen molar-refractivity contribution in [2.24, 2.45) is 111 Å². The molecule has 2 aromatic carbocycles. The molecule has 0 amide bonds. The fourth-order valence-corrected chi connectivity index (χ4v) is 30.5. The zero-order chi connectivity index (χ0) is 69.2. The normalized spacial score (nSPS) is 44.2. The number of fused-ring (bicyclic) bond motifs is 12. The fourth-order valence-electron chi connectivity index (χ4n) is 24.7. The molecular weight excluding hydrogens is 1430 g/mol. The quantitative estimate of drug-likeness (QED) is 0.229. The zero-order valence-corrected chi connectivity index (χ0v) is 67.2. The summed E-state index contributed by atoms with van der Waals surface area (Å²) in [7, 11) is -13.7. The maximum absolute atomic E-state index is 14.1. The first-order valence-electron chi connectivity index (χ1n) is 37.8. The average Bonchev–Trinajstić information content (AvgIpc) is 1.58. The highest BCUT2D eigenvalue weighted by molar-refractivity contribution is 9.10. The first kappa shape index (κ1) is 77.0. The second kappa shape index (κ2) is 29.0. The molecule has 550 valence electrons. The summed E-state index contributed by atoms with van der Waals surface area (Å²) in [4.78, 5) is 0.735. The molecule has 4 heterocycles. The molecule has 0 bridgehead atoms. The van der Waals surface area contributed by atoms with E-state index in [4.69, 9.17) is 9.47 Å². The Balaban J connectivity index is 0.000000180. The van der Waals surface area contributed by atoms with Crippen LogP contribution < -0.4 is 9.44 Å². The highest BCUT2D eigenvalue weighted by Crippen LogP contribution is 2.69. The number of hydrogen-bond donors (Lipinski definition) is 2. The monoisotopic (exact) mass is 1550 g/mol. The zero-order valence-electron chi connectivity index (χ0n) is 60.7. The van der Waals surface area contributed by atoms with E-state index in [1.165, 1.54) is 76.7 Å². The van der Waals surface area contributed by atoms with Gasteiger partial charge in [-0.15, -0.1) is 0 Å². The van der Waals surface area contributed by atoms with E-state index in [2.05, 4.69) is 117 Å². The first-order chi connectivity index (χ1) is 45.0. The molecule has 4 N–H and O–H groups in total. The van der Waals surface area contributed by atoms with Crippen LogP contribution in [-0.4, -0.2) is 121 Å². The van der Waals surface area contributed by atoms with Crippen LogP contribution in [0.3, 0.4) is 0 Å². The molecule has 21 heteroatoms. The second-order valence-electron chi connectivity index (χ2n) is 35.3. The van der Waals surface area contributed by atoms with Gasteiger partial charge in [-0.3, -0.25) is 0 Å². The summed E-state index contributed by atoms with van der Waals surface area (Å²) in [6, 6.07) is 14.1. The van der Waals surface area contributed by atoms with Gasteiger partial charge in [-0.1, -0.05) is 121 Å². The van der Waals surface area contributed by atoms with Crippen molar-refractivity contribution in [1.82, 2.24) is 18.1 Å². The number of halogens is 2. The molecular formula is C76H122Br2N4O11S4. The third-order valence-corrected chi connectivity index (χ3v) is 35.3. The largest absolute Gasteiger partial charge is 0.412 e. The number of hydrogen-bond acceptors (Lipinski definition) is 10. The van der Waals surface area contributed by atoms with Crippen molar-refractivity contribution >= 4 is 72.0 Å². The highest BCUT2D eigenvalue weighted by Gasteiger charge is 2.66. The van der Waals surface area contributed by atoms with Crippen LogP contribution >= 0.6 is 31.9 Å². The Kier molecular flexibility index (Phi) is 23.0. The van der Waals surface area contributed by atoms with E-state index in [-0.39, 0.29) is 76.7 Å². The second-order valence-corrected chi connectivity index (χ2v) is 44.5. The molecule has 26 atom stereocenters. The van der Waals surface area contributed by atoms with E-state index in [0.717, 1.165) is 116 Å². The van der Waals surface area contributed by atoms with Gasteiger partial charge in [0.1, 0.15) is 0 Å². The van der Waals surface area contributed by atoms with Gasteiger partial charge < -0.3 is 14.9 Å². The van der Waals surface area contributed by atoms with Gasteiger partial charge in [0.05, 0.1) is 57.8 Å². The molecule has 2 aromatic rings. The predicted molar refractivity (Wildman–Crippen MR) is 394 cm³/mol. The van der Waals surface area contributed by atoms with Crippen molar-refractivity contribution in [3.8, 4) is 0 Å². The molecule has 14 rings (SSSR count). The summed E-state index contributed by atoms with van der Waals surface area (Å²) < 4.78 is 130. The van der Waals surface area contributed by atoms with E-state index in [1.54, 1.807) is 24.3 Å². The minimum absolute atomic E-state index is 0. The van der Waals surface area contributed by atoms with Crippen molar-refractivity contribution in [1.29, 1.82) is 0 Å². The lowest BCUT2D eigenvalue weighted by molar-refractivity contribution is -0.0868. The third-order valence-electron chi connectivity index (χ3n) is 28.9. The molecule has 97 heavy (non-hydrogen) atoms. The lowest BCUT2D eigenvalue weighted by atomic mass is 9.52. The number of nitrogens with one attached hydrogen (secondary N) is 2. The Morgan fingerprint density at radius 3 is 1.21 bits per heavy atom. The van der Waals surface area contributed by atoms with Gasteiger partial charge in [0.2, 0.25) is 40.1 Å². The topological polar surface area (TPSA) is 217 Å². The Morgan fingerprint density at radius 1 is 0.505 bits per heavy atom. The van der Waals surface area contributed by atoms with Crippen molar-refractivity contribution in [3.05, 3.63) is 57.5 Å². The first-order valence-corrected chi connectivity index (χ1v) is 46.1. The molecule has 0 aromatic heterocycles. The molecule has 0 radical (unpaired) electrons. The Labute approximate surface area is 603 Å². The van der Waals surface area contributed by atoms with Crippen LogP contribution in [0.2, 0.25) is 0 Å². The van der Waals surface area contributed by atoms with Gasteiger partial charge in [-0.2, -0.15) is 8.61 Å². The van der Waals surface area contributed by atoms with E-state index in [1.807, 2.05) is 32.9 Å². The summed E-state index contributed by atoms with van der Waals surface area (Å²) in [5, 5.41) is 0. The number of sulfonamides is 4. The molecule has 0 unspecified atom stereocenters. The standard InChI is InChI=1S/2C35H53BrN2O5S2.C6H14.H2O/c2*1-21-16-32-33(38(20-21)45(41,42)27-9-7-25(36)8-10-27)23(3)35(43-32)15-13-28-29-11-6-24-17-26(37-44(5,39)40)12-14-34(24,4)31(29)18-30(28)22(2)19-35;1-4-5-6(2)3;/h2*7-10,21-24,26,28-33,37H,6,11-20H2,1-5H3;6H,4-5H2,1-3H3;1H2/t2*21-,22-,23+,24+,26+,28-,29-,30-,31-,32+,33-,34-,35-;;/m00../s1. The molecule has 8 aliphatic carbocycles. The van der Waals surface area contributed by atoms with Crippen molar-refractivity contribution < 1.29 is 48.6 Å². The van der Waals surface area contributed by atoms with E-state index < -0.39 is 40.1 Å². The molecule has 12 fully saturated rings. The number of nitrogens with zero attached hydrogens (tertiary/aromatic N) is 2.